The van der Waals surface area contributed by atoms with Crippen molar-refractivity contribution in [2.24, 2.45) is 0 Å². The van der Waals surface area contributed by atoms with Crippen LogP contribution in [0.1, 0.15) is 32.3 Å². The van der Waals surface area contributed by atoms with E-state index in [1.54, 1.807) is 0 Å². The summed E-state index contributed by atoms with van der Waals surface area (Å²) in [7, 11) is 0. The molecule has 0 saturated carbocycles. The highest BCUT2D eigenvalue weighted by Gasteiger charge is 2.31. The van der Waals surface area contributed by atoms with Crippen molar-refractivity contribution in [2.75, 3.05) is 57.3 Å². The Morgan fingerprint density at radius 1 is 1.10 bits per heavy atom. The molecule has 1 aromatic rings. The van der Waals surface area contributed by atoms with E-state index in [2.05, 4.69) is 40.5 Å². The molecule has 0 aliphatic carbocycles. The lowest BCUT2D eigenvalue weighted by atomic mass is 10.1. The first-order chi connectivity index (χ1) is 14.3. The molecule has 2 saturated heterocycles. The molecule has 0 unspecified atom stereocenters. The molecule has 2 fully saturated rings. The van der Waals surface area contributed by atoms with E-state index < -0.39 is 11.7 Å². The molecule has 2 aliphatic heterocycles. The van der Waals surface area contributed by atoms with Crippen molar-refractivity contribution >= 4 is 5.82 Å². The smallest absolute Gasteiger partial charge is 0.365 e. The lowest BCUT2D eigenvalue weighted by Crippen LogP contribution is -2.48. The largest absolute Gasteiger partial charge is 0.416 e. The van der Waals surface area contributed by atoms with Gasteiger partial charge in [-0.15, -0.1) is 0 Å². The van der Waals surface area contributed by atoms with Gasteiger partial charge in [-0.25, -0.2) is 4.98 Å². The number of rotatable bonds is 5. The van der Waals surface area contributed by atoms with Crippen molar-refractivity contribution in [3.05, 3.63) is 23.9 Å². The molecule has 0 atom stereocenters. The molecule has 3 heterocycles. The van der Waals surface area contributed by atoms with E-state index in [1.165, 1.54) is 6.20 Å². The number of anilines is 1. The fourth-order valence-electron chi connectivity index (χ4n) is 3.84. The number of alkyl halides is 3. The zero-order chi connectivity index (χ0) is 21.6. The van der Waals surface area contributed by atoms with Crippen LogP contribution in [-0.4, -0.2) is 79.3 Å². The molecule has 0 N–H and O–H groups in total. The van der Waals surface area contributed by atoms with Gasteiger partial charge in [-0.1, -0.05) is 11.8 Å². The van der Waals surface area contributed by atoms with Crippen LogP contribution in [0.3, 0.4) is 0 Å². The number of piperidine rings is 1. The average molecular weight is 425 g/mol. The van der Waals surface area contributed by atoms with E-state index in [9.17, 15) is 13.2 Å². The first-order valence-electron chi connectivity index (χ1n) is 10.6. The van der Waals surface area contributed by atoms with Gasteiger partial charge in [0.25, 0.3) is 0 Å². The normalized spacial score (nSPS) is 19.7. The van der Waals surface area contributed by atoms with E-state index in [-0.39, 0.29) is 6.10 Å². The monoisotopic (exact) mass is 424 g/mol. The van der Waals surface area contributed by atoms with E-state index in [0.29, 0.717) is 31.6 Å². The van der Waals surface area contributed by atoms with Gasteiger partial charge in [0.05, 0.1) is 18.2 Å². The highest BCUT2D eigenvalue weighted by molar-refractivity contribution is 5.42. The molecule has 0 spiro atoms. The summed E-state index contributed by atoms with van der Waals surface area (Å²) in [5.41, 5.74) is -0.660. The Morgan fingerprint density at radius 2 is 1.80 bits per heavy atom. The minimum absolute atomic E-state index is 0.0935. The summed E-state index contributed by atoms with van der Waals surface area (Å²) in [6, 6.07) is 2.72. The molecule has 5 nitrogen and oxygen atoms in total. The fourth-order valence-corrected chi connectivity index (χ4v) is 3.84. The lowest BCUT2D eigenvalue weighted by Gasteiger charge is -2.36. The van der Waals surface area contributed by atoms with Crippen LogP contribution in [0.5, 0.6) is 0 Å². The highest BCUT2D eigenvalue weighted by Crippen LogP contribution is 2.31. The first kappa shape index (κ1) is 22.9. The summed E-state index contributed by atoms with van der Waals surface area (Å²) < 4.78 is 44.5. The first-order valence-corrected chi connectivity index (χ1v) is 10.6. The van der Waals surface area contributed by atoms with Crippen LogP contribution >= 0.6 is 0 Å². The number of hydrogen-bond acceptors (Lipinski definition) is 5. The molecule has 0 bridgehead atoms. The summed E-state index contributed by atoms with van der Waals surface area (Å²) in [5.74, 6) is 6.68. The summed E-state index contributed by atoms with van der Waals surface area (Å²) in [6.07, 6.45) is -1.51. The predicted molar refractivity (Wildman–Crippen MR) is 111 cm³/mol. The third-order valence-electron chi connectivity index (χ3n) is 5.79. The zero-order valence-electron chi connectivity index (χ0n) is 17.8. The number of aromatic nitrogens is 1. The number of piperazine rings is 1. The quantitative estimate of drug-likeness (QED) is 0.678. The fraction of sp³-hybridized carbons (Fsp3) is 0.682. The number of nitrogens with zero attached hydrogens (tertiary/aromatic N) is 4. The Kier molecular flexibility index (Phi) is 7.98. The van der Waals surface area contributed by atoms with Crippen LogP contribution in [0.2, 0.25) is 0 Å². The van der Waals surface area contributed by atoms with Crippen LogP contribution in [-0.2, 0) is 10.9 Å². The molecular weight excluding hydrogens is 393 g/mol. The second-order valence-electron chi connectivity index (χ2n) is 8.16. The molecule has 0 amide bonds. The maximum absolute atomic E-state index is 12.9. The summed E-state index contributed by atoms with van der Waals surface area (Å²) in [4.78, 5) is 10.8. The van der Waals surface area contributed by atoms with E-state index in [4.69, 9.17) is 4.74 Å². The number of halogens is 3. The van der Waals surface area contributed by atoms with Crippen LogP contribution in [0.15, 0.2) is 18.3 Å². The Balaban J connectivity index is 1.35. The SMILES string of the molecule is CC(C)N1CCN(CC#CCOC2CCN(c3cc(C(F)(F)F)ccn3)CC2)CC1. The van der Waals surface area contributed by atoms with Gasteiger partial charge in [-0.05, 0) is 38.8 Å². The van der Waals surface area contributed by atoms with Crippen molar-refractivity contribution in [1.29, 1.82) is 0 Å². The van der Waals surface area contributed by atoms with Gasteiger partial charge in [0.2, 0.25) is 0 Å². The van der Waals surface area contributed by atoms with Gasteiger partial charge in [0, 0.05) is 51.5 Å². The van der Waals surface area contributed by atoms with E-state index in [0.717, 1.165) is 57.7 Å². The van der Waals surface area contributed by atoms with Crippen molar-refractivity contribution in [3.63, 3.8) is 0 Å². The molecule has 0 aromatic carbocycles. The predicted octanol–water partition coefficient (Wildman–Crippen LogP) is 3.12. The molecule has 0 radical (unpaired) electrons. The molecule has 1 aromatic heterocycles. The summed E-state index contributed by atoms with van der Waals surface area (Å²) >= 11 is 0. The van der Waals surface area contributed by atoms with Crippen LogP contribution in [0.25, 0.3) is 0 Å². The van der Waals surface area contributed by atoms with Gasteiger partial charge in [0.1, 0.15) is 12.4 Å². The molecule has 166 valence electrons. The van der Waals surface area contributed by atoms with Crippen molar-refractivity contribution in [3.8, 4) is 11.8 Å². The standard InChI is InChI=1S/C22H31F3N4O/c1-18(2)28-14-12-27(13-15-28)9-3-4-16-30-20-6-10-29(11-7-20)21-17-19(5-8-26-21)22(23,24)25/h5,8,17-18,20H,6-7,9-16H2,1-2H3. The Bertz CT molecular complexity index is 728. The van der Waals surface area contributed by atoms with E-state index in [1.807, 2.05) is 4.90 Å². The average Bonchev–Trinajstić information content (AvgIpc) is 2.74. The minimum Gasteiger partial charge on any atom is -0.365 e. The second kappa shape index (κ2) is 10.5. The molecular formula is C22H31F3N4O. The Labute approximate surface area is 177 Å². The van der Waals surface area contributed by atoms with Crippen molar-refractivity contribution < 1.29 is 17.9 Å². The van der Waals surface area contributed by atoms with E-state index >= 15 is 0 Å². The maximum atomic E-state index is 12.9. The number of ether oxygens (including phenoxy) is 1. The molecule has 8 heteroatoms. The van der Waals surface area contributed by atoms with Gasteiger partial charge < -0.3 is 9.64 Å². The number of hydrogen-bond donors (Lipinski definition) is 0. The Morgan fingerprint density at radius 3 is 2.43 bits per heavy atom. The zero-order valence-corrected chi connectivity index (χ0v) is 17.8. The van der Waals surface area contributed by atoms with Crippen LogP contribution in [0, 0.1) is 11.8 Å². The van der Waals surface area contributed by atoms with Gasteiger partial charge in [-0.3, -0.25) is 9.80 Å². The van der Waals surface area contributed by atoms with Gasteiger partial charge >= 0.3 is 6.18 Å². The van der Waals surface area contributed by atoms with Crippen LogP contribution < -0.4 is 4.90 Å². The number of pyridine rings is 1. The van der Waals surface area contributed by atoms with Gasteiger partial charge in [-0.2, -0.15) is 13.2 Å². The van der Waals surface area contributed by atoms with Crippen molar-refractivity contribution in [1.82, 2.24) is 14.8 Å². The molecule has 3 rings (SSSR count). The van der Waals surface area contributed by atoms with Crippen molar-refractivity contribution in [2.45, 2.75) is 45.0 Å². The minimum atomic E-state index is -4.35. The molecule has 30 heavy (non-hydrogen) atoms. The highest BCUT2D eigenvalue weighted by atomic mass is 19.4. The van der Waals surface area contributed by atoms with Gasteiger partial charge in [0.15, 0.2) is 0 Å². The summed E-state index contributed by atoms with van der Waals surface area (Å²) in [6.45, 7) is 11.2. The molecule has 2 aliphatic rings. The lowest BCUT2D eigenvalue weighted by molar-refractivity contribution is -0.137. The third-order valence-corrected chi connectivity index (χ3v) is 5.79. The third kappa shape index (κ3) is 6.59. The second-order valence-corrected chi connectivity index (χ2v) is 8.16. The summed E-state index contributed by atoms with van der Waals surface area (Å²) in [5, 5.41) is 0. The maximum Gasteiger partial charge on any atom is 0.416 e. The topological polar surface area (TPSA) is 31.8 Å². The Hall–Kier alpha value is -1.82. The van der Waals surface area contributed by atoms with Crippen LogP contribution in [0.4, 0.5) is 19.0 Å².